The first kappa shape index (κ1) is 28.2. The van der Waals surface area contributed by atoms with Gasteiger partial charge in [0.25, 0.3) is 5.56 Å². The first-order chi connectivity index (χ1) is 21.7. The van der Waals surface area contributed by atoms with E-state index in [-0.39, 0.29) is 22.5 Å². The van der Waals surface area contributed by atoms with E-state index in [4.69, 9.17) is 0 Å². The predicted molar refractivity (Wildman–Crippen MR) is 181 cm³/mol. The van der Waals surface area contributed by atoms with Crippen molar-refractivity contribution in [1.29, 1.82) is 0 Å². The molecule has 0 unspecified atom stereocenters. The van der Waals surface area contributed by atoms with Gasteiger partial charge in [0.1, 0.15) is 0 Å². The lowest BCUT2D eigenvalue weighted by Gasteiger charge is -2.26. The zero-order valence-electron chi connectivity index (χ0n) is 25.4. The molecule has 1 aliphatic rings. The number of ketones is 2. The number of rotatable bonds is 6. The van der Waals surface area contributed by atoms with Crippen LogP contribution in [0.1, 0.15) is 69.3 Å². The van der Waals surface area contributed by atoms with E-state index >= 15 is 0 Å². The molecule has 5 aromatic carbocycles. The Hall–Kier alpha value is -5.55. The Morgan fingerprint density at radius 1 is 0.733 bits per heavy atom. The summed E-state index contributed by atoms with van der Waals surface area (Å²) in [4.78, 5) is 45.5. The second-order valence-corrected chi connectivity index (χ2v) is 12.6. The van der Waals surface area contributed by atoms with Crippen LogP contribution in [0.15, 0.2) is 120 Å². The number of carbonyl (C=O) groups excluding carboxylic acids is 2. The van der Waals surface area contributed by atoms with Crippen molar-refractivity contribution in [2.75, 3.05) is 5.32 Å². The third-order valence-corrected chi connectivity index (χ3v) is 8.57. The van der Waals surface area contributed by atoms with Gasteiger partial charge in [-0.15, -0.1) is 0 Å². The van der Waals surface area contributed by atoms with Crippen molar-refractivity contribution in [2.45, 2.75) is 32.6 Å². The maximum Gasteiger partial charge on any atom is 0.260 e. The molecule has 0 saturated carbocycles. The number of hydrogen-bond donors (Lipinski definition) is 2. The fourth-order valence-corrected chi connectivity index (χ4v) is 6.29. The zero-order chi connectivity index (χ0) is 31.3. The van der Waals surface area contributed by atoms with Crippen molar-refractivity contribution in [3.8, 4) is 11.1 Å². The van der Waals surface area contributed by atoms with Crippen LogP contribution in [0.2, 0.25) is 0 Å². The highest BCUT2D eigenvalue weighted by Crippen LogP contribution is 2.45. The maximum atomic E-state index is 14.3. The topological polar surface area (TPSA) is 79.0 Å². The molecule has 220 valence electrons. The summed E-state index contributed by atoms with van der Waals surface area (Å²) in [5, 5.41) is 4.07. The highest BCUT2D eigenvalue weighted by Gasteiger charge is 2.34. The minimum absolute atomic E-state index is 0.0201. The van der Waals surface area contributed by atoms with Gasteiger partial charge in [-0.2, -0.15) is 0 Å². The van der Waals surface area contributed by atoms with Crippen molar-refractivity contribution >= 4 is 33.8 Å². The number of hydrogen-bond acceptors (Lipinski definition) is 4. The van der Waals surface area contributed by atoms with Gasteiger partial charge in [-0.25, -0.2) is 0 Å². The molecule has 0 saturated heterocycles. The van der Waals surface area contributed by atoms with Crippen LogP contribution in [0.25, 0.3) is 22.0 Å². The molecule has 0 radical (unpaired) electrons. The number of pyridine rings is 1. The summed E-state index contributed by atoms with van der Waals surface area (Å²) in [5.74, 6) is -0.544. The van der Waals surface area contributed by atoms with Gasteiger partial charge in [0.15, 0.2) is 11.6 Å². The Kier molecular flexibility index (Phi) is 6.82. The molecule has 0 atom stereocenters. The molecule has 0 spiro atoms. The molecule has 2 N–H and O–H groups in total. The summed E-state index contributed by atoms with van der Waals surface area (Å²) >= 11 is 0. The molecule has 1 aromatic heterocycles. The second-order valence-electron chi connectivity index (χ2n) is 12.6. The van der Waals surface area contributed by atoms with E-state index < -0.39 is 5.56 Å². The van der Waals surface area contributed by atoms with Gasteiger partial charge in [0.2, 0.25) is 0 Å². The lowest BCUT2D eigenvalue weighted by molar-refractivity contribution is 0.102. The fourth-order valence-electron chi connectivity index (χ4n) is 6.29. The van der Waals surface area contributed by atoms with Crippen molar-refractivity contribution in [1.82, 2.24) is 4.98 Å². The number of aromatic amines is 1. The minimum atomic E-state index is -0.477. The first-order valence-electron chi connectivity index (χ1n) is 15.1. The number of nitrogens with one attached hydrogen (secondary N) is 2. The Labute approximate surface area is 261 Å². The number of carbonyl (C=O) groups is 2. The van der Waals surface area contributed by atoms with E-state index in [9.17, 15) is 14.4 Å². The third-order valence-electron chi connectivity index (χ3n) is 8.57. The van der Waals surface area contributed by atoms with Crippen molar-refractivity contribution in [3.63, 3.8) is 0 Å². The summed E-state index contributed by atoms with van der Waals surface area (Å²) < 4.78 is 0. The summed E-state index contributed by atoms with van der Waals surface area (Å²) in [5.41, 5.74) is 7.13. The summed E-state index contributed by atoms with van der Waals surface area (Å²) in [6, 6.07) is 36.2. The second kappa shape index (κ2) is 10.9. The standard InChI is InChI=1S/C40H32N2O3/c1-40(2,3)27-20-18-24(19-21-27)22-26-23-31(41-28-14-8-5-9-15-28)33-34-32(29-16-10-11-17-30(29)38(33)44)35(39(45)42-36(26)34)37(43)25-12-6-4-7-13-25/h4-21,23,41H,22H2,1-3H3,(H,42,45). The Bertz CT molecular complexity index is 2170. The Morgan fingerprint density at radius 3 is 2.02 bits per heavy atom. The number of aromatic nitrogens is 1. The van der Waals surface area contributed by atoms with Crippen molar-refractivity contribution in [2.24, 2.45) is 0 Å². The minimum Gasteiger partial charge on any atom is -0.355 e. The summed E-state index contributed by atoms with van der Waals surface area (Å²) in [6.07, 6.45) is 0.516. The van der Waals surface area contributed by atoms with Crippen LogP contribution in [0.3, 0.4) is 0 Å². The largest absolute Gasteiger partial charge is 0.355 e. The quantitative estimate of drug-likeness (QED) is 0.191. The van der Waals surface area contributed by atoms with Gasteiger partial charge in [0.05, 0.1) is 22.3 Å². The van der Waals surface area contributed by atoms with Crippen LogP contribution in [-0.2, 0) is 11.8 Å². The van der Waals surface area contributed by atoms with Crippen LogP contribution in [0.5, 0.6) is 0 Å². The molecular weight excluding hydrogens is 556 g/mol. The predicted octanol–water partition coefficient (Wildman–Crippen LogP) is 8.60. The van der Waals surface area contributed by atoms with Gasteiger partial charge in [-0.1, -0.05) is 118 Å². The van der Waals surface area contributed by atoms with Crippen LogP contribution >= 0.6 is 0 Å². The molecule has 0 aliphatic heterocycles. The van der Waals surface area contributed by atoms with E-state index in [1.165, 1.54) is 5.56 Å². The van der Waals surface area contributed by atoms with Crippen molar-refractivity contribution < 1.29 is 9.59 Å². The van der Waals surface area contributed by atoms with Gasteiger partial charge >= 0.3 is 0 Å². The molecular formula is C40H32N2O3. The Morgan fingerprint density at radius 2 is 1.36 bits per heavy atom. The lowest BCUT2D eigenvalue weighted by atomic mass is 9.79. The third kappa shape index (κ3) is 4.96. The highest BCUT2D eigenvalue weighted by molar-refractivity contribution is 6.31. The SMILES string of the molecule is CC(C)(C)c1ccc(Cc2cc(Nc3ccccc3)c3c4c(c(C(=O)c5ccccc5)c(=O)[nH]c24)-c2ccccc2C3=O)cc1. The summed E-state index contributed by atoms with van der Waals surface area (Å²) in [6.45, 7) is 6.55. The molecule has 5 nitrogen and oxygen atoms in total. The average molecular weight is 589 g/mol. The van der Waals surface area contributed by atoms with Crippen LogP contribution in [-0.4, -0.2) is 16.6 Å². The van der Waals surface area contributed by atoms with E-state index in [1.54, 1.807) is 30.3 Å². The maximum absolute atomic E-state index is 14.3. The zero-order valence-corrected chi connectivity index (χ0v) is 25.4. The van der Waals surface area contributed by atoms with E-state index in [1.807, 2.05) is 60.7 Å². The van der Waals surface area contributed by atoms with Crippen LogP contribution in [0.4, 0.5) is 11.4 Å². The molecule has 0 bridgehead atoms. The van der Waals surface area contributed by atoms with Gasteiger partial charge in [-0.3, -0.25) is 14.4 Å². The Balaban J connectivity index is 1.54. The number of anilines is 2. The molecule has 45 heavy (non-hydrogen) atoms. The number of benzene rings is 5. The van der Waals surface area contributed by atoms with E-state index in [0.29, 0.717) is 50.8 Å². The molecule has 0 amide bonds. The van der Waals surface area contributed by atoms with Crippen molar-refractivity contribution in [3.05, 3.63) is 165 Å². The highest BCUT2D eigenvalue weighted by atomic mass is 16.1. The normalized spacial score (nSPS) is 12.2. The van der Waals surface area contributed by atoms with Gasteiger partial charge in [-0.05, 0) is 52.3 Å². The van der Waals surface area contributed by atoms with Gasteiger partial charge in [0, 0.05) is 27.8 Å². The monoisotopic (exact) mass is 588 g/mol. The number of H-pyrrole nitrogens is 1. The molecule has 1 heterocycles. The first-order valence-corrected chi connectivity index (χ1v) is 15.1. The fraction of sp³-hybridized carbons (Fsp3) is 0.125. The molecule has 7 rings (SSSR count). The van der Waals surface area contributed by atoms with E-state index in [2.05, 4.69) is 55.3 Å². The van der Waals surface area contributed by atoms with Crippen LogP contribution < -0.4 is 10.9 Å². The smallest absolute Gasteiger partial charge is 0.260 e. The average Bonchev–Trinajstić information content (AvgIpc) is 3.04. The molecule has 5 heteroatoms. The van der Waals surface area contributed by atoms with Gasteiger partial charge < -0.3 is 10.3 Å². The summed E-state index contributed by atoms with van der Waals surface area (Å²) in [7, 11) is 0. The van der Waals surface area contributed by atoms with Crippen LogP contribution in [0, 0.1) is 0 Å². The van der Waals surface area contributed by atoms with E-state index in [0.717, 1.165) is 16.8 Å². The molecule has 1 aliphatic carbocycles. The number of fused-ring (bicyclic) bond motifs is 2. The molecule has 0 fully saturated rings. The lowest BCUT2D eigenvalue weighted by Crippen LogP contribution is -2.24. The number of para-hydroxylation sites is 1. The molecule has 6 aromatic rings.